The summed E-state index contributed by atoms with van der Waals surface area (Å²) in [5.74, 6) is 0.878. The van der Waals surface area contributed by atoms with E-state index in [-0.39, 0.29) is 0 Å². The fraction of sp³-hybridized carbons (Fsp3) is 0.122. The number of hydrogen-bond donors (Lipinski definition) is 0. The highest BCUT2D eigenvalue weighted by Gasteiger charge is 2.37. The Hall–Kier alpha value is -5.46. The van der Waals surface area contributed by atoms with Gasteiger partial charge in [0.2, 0.25) is 0 Å². The van der Waals surface area contributed by atoms with Crippen molar-refractivity contribution in [2.24, 2.45) is 11.8 Å². The third-order valence-electron chi connectivity index (χ3n) is 11.6. The van der Waals surface area contributed by atoms with Gasteiger partial charge in [-0.05, 0) is 143 Å². The molecule has 7 aromatic rings. The minimum Gasteiger partial charge on any atom is -0.324 e. The number of aryl methyl sites for hydroxylation is 2. The lowest BCUT2D eigenvalue weighted by atomic mass is 9.79. The van der Waals surface area contributed by atoms with Gasteiger partial charge in [0.25, 0.3) is 0 Å². The molecular formula is C49H37-. The Morgan fingerprint density at radius 1 is 0.531 bits per heavy atom. The Kier molecular flexibility index (Phi) is 6.28. The summed E-state index contributed by atoms with van der Waals surface area (Å²) < 4.78 is 0. The lowest BCUT2D eigenvalue weighted by Crippen LogP contribution is -2.14. The van der Waals surface area contributed by atoms with Crippen LogP contribution in [0.1, 0.15) is 29.2 Å². The van der Waals surface area contributed by atoms with Gasteiger partial charge in [-0.25, -0.2) is 0 Å². The minimum absolute atomic E-state index is 0.429. The summed E-state index contributed by atoms with van der Waals surface area (Å²) in [7, 11) is 0. The average molecular weight is 626 g/mol. The van der Waals surface area contributed by atoms with Gasteiger partial charge in [0.05, 0.1) is 0 Å². The van der Waals surface area contributed by atoms with E-state index in [0.29, 0.717) is 11.8 Å². The molecule has 2 atom stereocenters. The van der Waals surface area contributed by atoms with Gasteiger partial charge in [0, 0.05) is 0 Å². The second-order valence-electron chi connectivity index (χ2n) is 14.2. The SMILES string of the molecule is C[CH-]C1C=CC=C2c3c(c(-c4ccccc4)c4c(cc5c6c(cccc64)-c4cc(-c6c(C)cccc6C)ccc4-5)c3-c3ccccc3)CC21. The van der Waals surface area contributed by atoms with Crippen molar-refractivity contribution in [3.8, 4) is 55.6 Å². The van der Waals surface area contributed by atoms with Crippen molar-refractivity contribution in [2.75, 3.05) is 0 Å². The largest absolute Gasteiger partial charge is 0.324 e. The number of fused-ring (bicyclic) bond motifs is 8. The average Bonchev–Trinajstić information content (AvgIpc) is 3.68. The highest BCUT2D eigenvalue weighted by molar-refractivity contribution is 6.29. The third kappa shape index (κ3) is 4.04. The van der Waals surface area contributed by atoms with Crippen LogP contribution in [0.15, 0.2) is 140 Å². The van der Waals surface area contributed by atoms with Crippen molar-refractivity contribution >= 4 is 27.1 Å². The smallest absolute Gasteiger partial charge is 0.00167 e. The molecule has 0 radical (unpaired) electrons. The molecule has 10 rings (SSSR count). The molecule has 3 aliphatic rings. The Morgan fingerprint density at radius 2 is 1.24 bits per heavy atom. The molecule has 7 aromatic carbocycles. The van der Waals surface area contributed by atoms with Crippen LogP contribution in [0.5, 0.6) is 0 Å². The van der Waals surface area contributed by atoms with Gasteiger partial charge >= 0.3 is 0 Å². The highest BCUT2D eigenvalue weighted by atomic mass is 14.4. The Morgan fingerprint density at radius 3 is 1.98 bits per heavy atom. The van der Waals surface area contributed by atoms with Crippen molar-refractivity contribution < 1.29 is 0 Å². The van der Waals surface area contributed by atoms with E-state index in [1.165, 1.54) is 105 Å². The molecule has 0 saturated heterocycles. The molecule has 49 heavy (non-hydrogen) atoms. The molecule has 0 heterocycles. The van der Waals surface area contributed by atoms with Crippen LogP contribution in [-0.2, 0) is 6.42 Å². The lowest BCUT2D eigenvalue weighted by Gasteiger charge is -2.30. The maximum Gasteiger partial charge on any atom is -0.00167 e. The monoisotopic (exact) mass is 625 g/mol. The van der Waals surface area contributed by atoms with Crippen LogP contribution in [0.2, 0.25) is 0 Å². The first-order chi connectivity index (χ1) is 24.1. The Balaban J connectivity index is 1.36. The van der Waals surface area contributed by atoms with E-state index in [2.05, 4.69) is 167 Å². The zero-order valence-electron chi connectivity index (χ0n) is 28.2. The molecule has 2 unspecified atom stereocenters. The number of allylic oxidation sites excluding steroid dienone is 4. The first-order valence-electron chi connectivity index (χ1n) is 17.7. The van der Waals surface area contributed by atoms with E-state index < -0.39 is 0 Å². The van der Waals surface area contributed by atoms with Crippen molar-refractivity contribution in [2.45, 2.75) is 27.2 Å². The van der Waals surface area contributed by atoms with E-state index in [4.69, 9.17) is 0 Å². The summed E-state index contributed by atoms with van der Waals surface area (Å²) in [6, 6.07) is 45.8. The van der Waals surface area contributed by atoms with Crippen LogP contribution < -0.4 is 0 Å². The molecule has 3 aliphatic carbocycles. The topological polar surface area (TPSA) is 0 Å². The molecule has 0 heteroatoms. The predicted octanol–water partition coefficient (Wildman–Crippen LogP) is 13.2. The van der Waals surface area contributed by atoms with Crippen LogP contribution in [0.3, 0.4) is 0 Å². The maximum atomic E-state index is 2.55. The van der Waals surface area contributed by atoms with Gasteiger partial charge < -0.3 is 6.42 Å². The predicted molar refractivity (Wildman–Crippen MR) is 209 cm³/mol. The first-order valence-corrected chi connectivity index (χ1v) is 17.7. The van der Waals surface area contributed by atoms with Crippen molar-refractivity contribution in [3.63, 3.8) is 0 Å². The standard InChI is InChI=1S/C49H37/c1-4-31-20-12-21-36-39(31)27-42-46(33-18-9-6-10-19-33)49-38-23-13-22-37-40-26-34(44-29(2)14-11-15-30(44)3)24-25-35(40)41(47(37)38)28-43(49)45(48(36)42)32-16-7-5-8-17-32/h4-26,28,31,39H,27H2,1-3H3/q-1. The number of benzene rings is 7. The molecule has 0 saturated carbocycles. The van der Waals surface area contributed by atoms with Crippen molar-refractivity contribution in [1.82, 2.24) is 0 Å². The van der Waals surface area contributed by atoms with Crippen LogP contribution >= 0.6 is 0 Å². The molecule has 0 aromatic heterocycles. The van der Waals surface area contributed by atoms with Gasteiger partial charge in [-0.1, -0.05) is 121 Å². The van der Waals surface area contributed by atoms with E-state index >= 15 is 0 Å². The van der Waals surface area contributed by atoms with Gasteiger partial charge in [0.1, 0.15) is 0 Å². The fourth-order valence-electron chi connectivity index (χ4n) is 9.56. The van der Waals surface area contributed by atoms with E-state index in [0.717, 1.165) is 6.42 Å². The molecule has 0 bridgehead atoms. The summed E-state index contributed by atoms with van der Waals surface area (Å²) in [6.07, 6.45) is 10.5. The van der Waals surface area contributed by atoms with Gasteiger partial charge in [-0.3, -0.25) is 0 Å². The number of hydrogen-bond acceptors (Lipinski definition) is 0. The molecule has 0 aliphatic heterocycles. The fourth-order valence-corrected chi connectivity index (χ4v) is 9.56. The summed E-state index contributed by atoms with van der Waals surface area (Å²) >= 11 is 0. The van der Waals surface area contributed by atoms with Crippen molar-refractivity contribution in [1.29, 1.82) is 0 Å². The molecular weight excluding hydrogens is 589 g/mol. The van der Waals surface area contributed by atoms with E-state index in [1.807, 2.05) is 0 Å². The quantitative estimate of drug-likeness (QED) is 0.135. The van der Waals surface area contributed by atoms with E-state index in [1.54, 1.807) is 0 Å². The van der Waals surface area contributed by atoms with Crippen LogP contribution in [0, 0.1) is 32.1 Å². The first kappa shape index (κ1) is 28.5. The van der Waals surface area contributed by atoms with Crippen molar-refractivity contribution in [3.05, 3.63) is 168 Å². The normalized spacial score (nSPS) is 16.9. The van der Waals surface area contributed by atoms with Crippen LogP contribution in [0.25, 0.3) is 82.8 Å². The molecule has 234 valence electrons. The van der Waals surface area contributed by atoms with E-state index in [9.17, 15) is 0 Å². The van der Waals surface area contributed by atoms with Crippen LogP contribution in [0.4, 0.5) is 0 Å². The maximum absolute atomic E-state index is 2.55. The highest BCUT2D eigenvalue weighted by Crippen LogP contribution is 2.58. The molecule has 0 fully saturated rings. The Labute approximate surface area is 289 Å². The molecule has 0 nitrogen and oxygen atoms in total. The second-order valence-corrected chi connectivity index (χ2v) is 14.2. The zero-order valence-corrected chi connectivity index (χ0v) is 28.2. The lowest BCUT2D eigenvalue weighted by molar-refractivity contribution is 0.554. The van der Waals surface area contributed by atoms with Gasteiger partial charge in [-0.2, -0.15) is 6.92 Å². The zero-order chi connectivity index (χ0) is 32.8. The van der Waals surface area contributed by atoms with Gasteiger partial charge in [-0.15, -0.1) is 12.0 Å². The molecule has 0 spiro atoms. The molecule has 0 N–H and O–H groups in total. The molecule has 0 amide bonds. The summed E-state index contributed by atoms with van der Waals surface area (Å²) in [5, 5.41) is 5.48. The minimum atomic E-state index is 0.429. The summed E-state index contributed by atoms with van der Waals surface area (Å²) in [4.78, 5) is 0. The summed E-state index contributed by atoms with van der Waals surface area (Å²) in [5.41, 5.74) is 20.5. The van der Waals surface area contributed by atoms with Gasteiger partial charge in [0.15, 0.2) is 0 Å². The third-order valence-corrected chi connectivity index (χ3v) is 11.6. The second kappa shape index (κ2) is 10.8. The summed E-state index contributed by atoms with van der Waals surface area (Å²) in [6.45, 7) is 6.69. The number of rotatable bonds is 4. The van der Waals surface area contributed by atoms with Crippen LogP contribution in [-0.4, -0.2) is 0 Å². The Bertz CT molecular complexity index is 2540.